The third-order valence-electron chi connectivity index (χ3n) is 3.29. The molecule has 1 aliphatic rings. The molecular formula is C14H16Cl2N2O2. The van der Waals surface area contributed by atoms with Crippen LogP contribution in [0.1, 0.15) is 20.3 Å². The Morgan fingerprint density at radius 2 is 1.85 bits per heavy atom. The van der Waals surface area contributed by atoms with Gasteiger partial charge in [0.25, 0.3) is 0 Å². The number of benzene rings is 1. The van der Waals surface area contributed by atoms with Crippen molar-refractivity contribution >= 4 is 40.7 Å². The fraction of sp³-hybridized carbons (Fsp3) is 0.429. The van der Waals surface area contributed by atoms with Crippen LogP contribution in [0.25, 0.3) is 0 Å². The molecule has 1 aromatic carbocycles. The Kier molecular flexibility index (Phi) is 4.55. The highest BCUT2D eigenvalue weighted by atomic mass is 35.5. The van der Waals surface area contributed by atoms with Crippen LogP contribution in [0.15, 0.2) is 18.2 Å². The summed E-state index contributed by atoms with van der Waals surface area (Å²) in [6.45, 7) is 4.05. The molecule has 0 aromatic heterocycles. The molecule has 1 unspecified atom stereocenters. The summed E-state index contributed by atoms with van der Waals surface area (Å²) in [5.74, 6) is -0.322. The minimum atomic E-state index is -0.558. The molecule has 0 spiro atoms. The summed E-state index contributed by atoms with van der Waals surface area (Å²) in [6.07, 6.45) is 0.233. The van der Waals surface area contributed by atoms with E-state index in [9.17, 15) is 9.59 Å². The molecule has 1 heterocycles. The number of anilines is 1. The van der Waals surface area contributed by atoms with E-state index in [1.165, 1.54) is 4.90 Å². The van der Waals surface area contributed by atoms with Crippen molar-refractivity contribution in [2.45, 2.75) is 26.3 Å². The molecule has 4 nitrogen and oxygen atoms in total. The predicted octanol–water partition coefficient (Wildman–Crippen LogP) is 2.87. The molecule has 2 amide bonds. The number of amides is 2. The number of hydrogen-bond acceptors (Lipinski definition) is 2. The van der Waals surface area contributed by atoms with Gasteiger partial charge in [0.1, 0.15) is 6.04 Å². The smallest absolute Gasteiger partial charge is 0.249 e. The van der Waals surface area contributed by atoms with E-state index in [0.717, 1.165) is 0 Å². The first-order chi connectivity index (χ1) is 9.41. The molecule has 1 atom stereocenters. The van der Waals surface area contributed by atoms with Crippen molar-refractivity contribution in [1.29, 1.82) is 0 Å². The average molecular weight is 315 g/mol. The quantitative estimate of drug-likeness (QED) is 0.912. The maximum absolute atomic E-state index is 12.6. The molecule has 0 saturated carbocycles. The minimum Gasteiger partial charge on any atom is -0.344 e. The van der Waals surface area contributed by atoms with Crippen LogP contribution in [0.4, 0.5) is 5.69 Å². The summed E-state index contributed by atoms with van der Waals surface area (Å²) in [5.41, 5.74) is 0.475. The molecule has 1 aliphatic heterocycles. The van der Waals surface area contributed by atoms with Gasteiger partial charge >= 0.3 is 0 Å². The number of hydrogen-bond donors (Lipinski definition) is 1. The normalized spacial score (nSPS) is 20.1. The van der Waals surface area contributed by atoms with Crippen molar-refractivity contribution in [3.05, 3.63) is 28.2 Å². The van der Waals surface area contributed by atoms with Crippen molar-refractivity contribution in [3.63, 3.8) is 0 Å². The second kappa shape index (κ2) is 6.02. The van der Waals surface area contributed by atoms with Crippen LogP contribution in [0, 0.1) is 5.92 Å². The lowest BCUT2D eigenvalue weighted by Gasteiger charge is -2.27. The number of nitrogens with zero attached hydrogens (tertiary/aromatic N) is 1. The van der Waals surface area contributed by atoms with Crippen LogP contribution in [0.2, 0.25) is 10.0 Å². The average Bonchev–Trinajstić information content (AvgIpc) is 2.51. The third kappa shape index (κ3) is 2.91. The maximum atomic E-state index is 12.6. The van der Waals surface area contributed by atoms with E-state index in [1.54, 1.807) is 18.2 Å². The monoisotopic (exact) mass is 314 g/mol. The van der Waals surface area contributed by atoms with Gasteiger partial charge in [0, 0.05) is 13.0 Å². The number of para-hydroxylation sites is 1. The van der Waals surface area contributed by atoms with Crippen LogP contribution in [-0.2, 0) is 9.59 Å². The fourth-order valence-corrected chi connectivity index (χ4v) is 2.82. The first-order valence-electron chi connectivity index (χ1n) is 6.46. The first-order valence-corrected chi connectivity index (χ1v) is 7.22. The van der Waals surface area contributed by atoms with Gasteiger partial charge in [-0.3, -0.25) is 9.59 Å². The van der Waals surface area contributed by atoms with Gasteiger partial charge in [-0.25, -0.2) is 0 Å². The van der Waals surface area contributed by atoms with E-state index in [4.69, 9.17) is 23.2 Å². The van der Waals surface area contributed by atoms with Gasteiger partial charge in [0.15, 0.2) is 0 Å². The Hall–Kier alpha value is -1.26. The Balaban J connectivity index is 2.44. The van der Waals surface area contributed by atoms with Gasteiger partial charge in [0.05, 0.1) is 15.7 Å². The topological polar surface area (TPSA) is 49.4 Å². The molecule has 1 N–H and O–H groups in total. The summed E-state index contributed by atoms with van der Waals surface area (Å²) in [4.78, 5) is 25.9. The zero-order chi connectivity index (χ0) is 14.9. The lowest BCUT2D eigenvalue weighted by molar-refractivity contribution is -0.126. The predicted molar refractivity (Wildman–Crippen MR) is 80.2 cm³/mol. The van der Waals surface area contributed by atoms with E-state index in [-0.39, 0.29) is 30.7 Å². The minimum absolute atomic E-state index is 0.00619. The zero-order valence-corrected chi connectivity index (χ0v) is 12.8. The first kappa shape index (κ1) is 15.1. The Bertz CT molecular complexity index is 526. The zero-order valence-electron chi connectivity index (χ0n) is 11.3. The Morgan fingerprint density at radius 1 is 1.25 bits per heavy atom. The number of carbonyl (C=O) groups is 2. The lowest BCUT2D eigenvalue weighted by Crippen LogP contribution is -2.48. The van der Waals surface area contributed by atoms with Crippen LogP contribution >= 0.6 is 23.2 Å². The Morgan fingerprint density at radius 3 is 2.40 bits per heavy atom. The maximum Gasteiger partial charge on any atom is 0.249 e. The van der Waals surface area contributed by atoms with Crippen LogP contribution in [-0.4, -0.2) is 24.4 Å². The number of nitrogens with one attached hydrogen (secondary N) is 1. The van der Waals surface area contributed by atoms with Crippen molar-refractivity contribution in [1.82, 2.24) is 5.32 Å². The van der Waals surface area contributed by atoms with Crippen LogP contribution < -0.4 is 10.2 Å². The van der Waals surface area contributed by atoms with Crippen molar-refractivity contribution in [2.24, 2.45) is 5.92 Å². The number of carbonyl (C=O) groups excluding carboxylic acids is 2. The standard InChI is InChI=1S/C14H16Cl2N2O2/c1-8(2)12-14(20)18(7-6-11(19)17-12)13-9(15)4-3-5-10(13)16/h3-5,8,12H,6-7H2,1-2H3,(H,17,19). The molecular weight excluding hydrogens is 299 g/mol. The molecule has 0 bridgehead atoms. The highest BCUT2D eigenvalue weighted by Gasteiger charge is 2.34. The molecule has 0 aliphatic carbocycles. The summed E-state index contributed by atoms with van der Waals surface area (Å²) >= 11 is 12.3. The van der Waals surface area contributed by atoms with Gasteiger partial charge in [0.2, 0.25) is 11.8 Å². The molecule has 1 fully saturated rings. The molecule has 2 rings (SSSR count). The second-order valence-corrected chi connectivity index (χ2v) is 5.91. The van der Waals surface area contributed by atoms with E-state index >= 15 is 0 Å². The van der Waals surface area contributed by atoms with E-state index in [1.807, 2.05) is 13.8 Å². The van der Waals surface area contributed by atoms with Gasteiger partial charge in [-0.15, -0.1) is 0 Å². The lowest BCUT2D eigenvalue weighted by atomic mass is 10.0. The largest absolute Gasteiger partial charge is 0.344 e. The molecule has 1 aromatic rings. The van der Waals surface area contributed by atoms with E-state index in [2.05, 4.69) is 5.32 Å². The van der Waals surface area contributed by atoms with Crippen molar-refractivity contribution in [3.8, 4) is 0 Å². The number of halogens is 2. The molecule has 108 valence electrons. The van der Waals surface area contributed by atoms with E-state index in [0.29, 0.717) is 15.7 Å². The third-order valence-corrected chi connectivity index (χ3v) is 3.90. The van der Waals surface area contributed by atoms with Crippen LogP contribution in [0.3, 0.4) is 0 Å². The summed E-state index contributed by atoms with van der Waals surface area (Å²) in [6, 6.07) is 4.53. The van der Waals surface area contributed by atoms with Gasteiger partial charge in [-0.05, 0) is 18.1 Å². The SMILES string of the molecule is CC(C)C1NC(=O)CCN(c2c(Cl)cccc2Cl)C1=O. The Labute approximate surface area is 128 Å². The molecule has 0 radical (unpaired) electrons. The highest BCUT2D eigenvalue weighted by Crippen LogP contribution is 2.34. The van der Waals surface area contributed by atoms with Crippen molar-refractivity contribution in [2.75, 3.05) is 11.4 Å². The van der Waals surface area contributed by atoms with Crippen LogP contribution in [0.5, 0.6) is 0 Å². The summed E-state index contributed by atoms with van der Waals surface area (Å²) < 4.78 is 0. The number of rotatable bonds is 2. The van der Waals surface area contributed by atoms with Gasteiger partial charge < -0.3 is 10.2 Å². The van der Waals surface area contributed by atoms with Gasteiger partial charge in [-0.1, -0.05) is 43.1 Å². The second-order valence-electron chi connectivity index (χ2n) is 5.10. The van der Waals surface area contributed by atoms with Gasteiger partial charge in [-0.2, -0.15) is 0 Å². The molecule has 20 heavy (non-hydrogen) atoms. The summed E-state index contributed by atoms with van der Waals surface area (Å²) in [7, 11) is 0. The molecule has 1 saturated heterocycles. The van der Waals surface area contributed by atoms with Crippen molar-refractivity contribution < 1.29 is 9.59 Å². The molecule has 6 heteroatoms. The fourth-order valence-electron chi connectivity index (χ4n) is 2.22. The summed E-state index contributed by atoms with van der Waals surface area (Å²) in [5, 5.41) is 3.56. The van der Waals surface area contributed by atoms with E-state index < -0.39 is 6.04 Å². The highest BCUT2D eigenvalue weighted by molar-refractivity contribution is 6.40.